The molecule has 3 aromatic carbocycles. The van der Waals surface area contributed by atoms with E-state index in [1.807, 2.05) is 107 Å². The number of aromatic nitrogens is 3. The third-order valence-corrected chi connectivity index (χ3v) is 6.23. The van der Waals surface area contributed by atoms with E-state index in [4.69, 9.17) is 21.7 Å². The van der Waals surface area contributed by atoms with Crippen molar-refractivity contribution in [2.24, 2.45) is 0 Å². The number of para-hydroxylation sites is 1. The number of hydrogen-bond acceptors (Lipinski definition) is 4. The second-order valence-electron chi connectivity index (χ2n) is 7.29. The highest BCUT2D eigenvalue weighted by Gasteiger charge is 2.15. The topological polar surface area (TPSA) is 54.5 Å². The summed E-state index contributed by atoms with van der Waals surface area (Å²) in [5.41, 5.74) is 5.82. The second kappa shape index (κ2) is 9.25. The molecule has 2 aromatic heterocycles. The Morgan fingerprint density at radius 2 is 1.61 bits per heavy atom. The van der Waals surface area contributed by atoms with Crippen LogP contribution in [0.4, 0.5) is 0 Å². The molecule has 0 atom stereocenters. The zero-order valence-corrected chi connectivity index (χ0v) is 19.0. The molecule has 0 saturated heterocycles. The summed E-state index contributed by atoms with van der Waals surface area (Å²) in [5.74, 6) is 0. The van der Waals surface area contributed by atoms with E-state index in [1.54, 1.807) is 0 Å². The quantitative estimate of drug-likeness (QED) is 0.255. The van der Waals surface area contributed by atoms with Crippen molar-refractivity contribution in [2.75, 3.05) is 0 Å². The average Bonchev–Trinajstić information content (AvgIpc) is 3.52. The van der Waals surface area contributed by atoms with Crippen LogP contribution in [-0.4, -0.2) is 14.8 Å². The lowest BCUT2D eigenvalue weighted by Gasteiger charge is -2.01. The minimum Gasteiger partial charge on any atom is -0.240 e. The van der Waals surface area contributed by atoms with Gasteiger partial charge in [0.15, 0.2) is 0 Å². The van der Waals surface area contributed by atoms with E-state index in [1.165, 1.54) is 11.3 Å². The van der Waals surface area contributed by atoms with Gasteiger partial charge in [0.1, 0.15) is 11.1 Å². The lowest BCUT2D eigenvalue weighted by atomic mass is 10.1. The molecule has 5 rings (SSSR count). The molecule has 0 N–H and O–H groups in total. The van der Waals surface area contributed by atoms with Crippen LogP contribution in [0.25, 0.3) is 39.9 Å². The van der Waals surface area contributed by atoms with Gasteiger partial charge in [-0.15, -0.1) is 11.3 Å². The molecule has 4 nitrogen and oxygen atoms in total. The van der Waals surface area contributed by atoms with Crippen molar-refractivity contribution < 1.29 is 0 Å². The number of allylic oxidation sites excluding steroid dienone is 1. The van der Waals surface area contributed by atoms with Crippen molar-refractivity contribution in [2.45, 2.75) is 0 Å². The second-order valence-corrected chi connectivity index (χ2v) is 8.59. The molecule has 0 aliphatic carbocycles. The summed E-state index contributed by atoms with van der Waals surface area (Å²) in [7, 11) is 0. The van der Waals surface area contributed by atoms with Crippen molar-refractivity contribution >= 4 is 34.6 Å². The normalized spacial score (nSPS) is 11.3. The van der Waals surface area contributed by atoms with Crippen molar-refractivity contribution in [3.63, 3.8) is 0 Å². The van der Waals surface area contributed by atoms with Crippen LogP contribution in [-0.2, 0) is 0 Å². The van der Waals surface area contributed by atoms with Gasteiger partial charge in [-0.3, -0.25) is 0 Å². The maximum atomic E-state index is 9.95. The first-order valence-corrected chi connectivity index (χ1v) is 11.5. The molecular formula is C27H17ClN4S. The smallest absolute Gasteiger partial charge is 0.134 e. The van der Waals surface area contributed by atoms with Gasteiger partial charge in [-0.2, -0.15) is 10.4 Å². The molecule has 0 unspecified atom stereocenters. The van der Waals surface area contributed by atoms with Gasteiger partial charge in [0.05, 0.1) is 22.6 Å². The van der Waals surface area contributed by atoms with Crippen LogP contribution in [0.2, 0.25) is 5.02 Å². The molecule has 0 bridgehead atoms. The summed E-state index contributed by atoms with van der Waals surface area (Å²) in [4.78, 5) is 4.71. The molecule has 0 aliphatic heterocycles. The Morgan fingerprint density at radius 3 is 2.30 bits per heavy atom. The summed E-state index contributed by atoms with van der Waals surface area (Å²) >= 11 is 7.55. The SMILES string of the molecule is N#C/C(=C\c1cn(-c2ccccc2)nc1-c1ccc(Cl)cc1)c1nc(-c2ccccc2)cs1. The van der Waals surface area contributed by atoms with Gasteiger partial charge < -0.3 is 0 Å². The lowest BCUT2D eigenvalue weighted by molar-refractivity contribution is 0.884. The van der Waals surface area contributed by atoms with Gasteiger partial charge in [-0.1, -0.05) is 72.3 Å². The Morgan fingerprint density at radius 1 is 0.909 bits per heavy atom. The summed E-state index contributed by atoms with van der Waals surface area (Å²) in [6.45, 7) is 0. The van der Waals surface area contributed by atoms with Crippen LogP contribution < -0.4 is 0 Å². The first kappa shape index (κ1) is 20.9. The molecule has 0 aliphatic rings. The minimum absolute atomic E-state index is 0.491. The van der Waals surface area contributed by atoms with Gasteiger partial charge in [-0.05, 0) is 30.3 Å². The van der Waals surface area contributed by atoms with Crippen LogP contribution in [0.15, 0.2) is 96.5 Å². The zero-order valence-electron chi connectivity index (χ0n) is 17.4. The van der Waals surface area contributed by atoms with E-state index in [0.29, 0.717) is 15.6 Å². The largest absolute Gasteiger partial charge is 0.240 e. The number of nitriles is 1. The Balaban J connectivity index is 1.60. The fraction of sp³-hybridized carbons (Fsp3) is 0. The summed E-state index contributed by atoms with van der Waals surface area (Å²) in [6.07, 6.45) is 3.78. The van der Waals surface area contributed by atoms with Gasteiger partial charge in [0.25, 0.3) is 0 Å². The van der Waals surface area contributed by atoms with Crippen LogP contribution in [0, 0.1) is 11.3 Å². The molecule has 0 radical (unpaired) electrons. The maximum Gasteiger partial charge on any atom is 0.134 e. The van der Waals surface area contributed by atoms with Crippen molar-refractivity contribution in [3.05, 3.63) is 112 Å². The molecule has 158 valence electrons. The predicted molar refractivity (Wildman–Crippen MR) is 135 cm³/mol. The molecule has 0 spiro atoms. The Hall–Kier alpha value is -3.98. The molecule has 6 heteroatoms. The molecule has 0 amide bonds. The predicted octanol–water partition coefficient (Wildman–Crippen LogP) is 7.38. The fourth-order valence-electron chi connectivity index (χ4n) is 3.47. The number of benzene rings is 3. The van der Waals surface area contributed by atoms with E-state index in [0.717, 1.165) is 33.8 Å². The third-order valence-electron chi connectivity index (χ3n) is 5.11. The number of hydrogen-bond donors (Lipinski definition) is 0. The summed E-state index contributed by atoms with van der Waals surface area (Å²) in [6, 6.07) is 29.7. The molecule has 2 heterocycles. The lowest BCUT2D eigenvalue weighted by Crippen LogP contribution is -1.93. The molecular weight excluding hydrogens is 448 g/mol. The number of thiazole rings is 1. The van der Waals surface area contributed by atoms with Crippen LogP contribution >= 0.6 is 22.9 Å². The highest BCUT2D eigenvalue weighted by Crippen LogP contribution is 2.31. The zero-order chi connectivity index (χ0) is 22.6. The van der Waals surface area contributed by atoms with E-state index in [9.17, 15) is 5.26 Å². The molecule has 5 aromatic rings. The van der Waals surface area contributed by atoms with Crippen LogP contribution in [0.5, 0.6) is 0 Å². The summed E-state index contributed by atoms with van der Waals surface area (Å²) < 4.78 is 1.82. The first-order chi connectivity index (χ1) is 16.2. The highest BCUT2D eigenvalue weighted by molar-refractivity contribution is 7.11. The Kier molecular flexibility index (Phi) is 5.86. The number of rotatable bonds is 5. The average molecular weight is 465 g/mol. The molecule has 0 saturated carbocycles. The van der Waals surface area contributed by atoms with Crippen molar-refractivity contribution in [1.29, 1.82) is 5.26 Å². The van der Waals surface area contributed by atoms with Gasteiger partial charge in [-0.25, -0.2) is 9.67 Å². The monoisotopic (exact) mass is 464 g/mol. The highest BCUT2D eigenvalue weighted by atomic mass is 35.5. The van der Waals surface area contributed by atoms with E-state index in [-0.39, 0.29) is 0 Å². The standard InChI is InChI=1S/C27H17ClN4S/c28-23-13-11-20(12-14-23)26-22(17-32(31-26)24-9-5-2-6-10-24)15-21(16-29)27-30-25(18-33-27)19-7-3-1-4-8-19/h1-15,17-18H/b21-15+. The van der Waals surface area contributed by atoms with E-state index < -0.39 is 0 Å². The van der Waals surface area contributed by atoms with Crippen LogP contribution in [0.1, 0.15) is 10.6 Å². The number of nitrogens with zero attached hydrogens (tertiary/aromatic N) is 4. The van der Waals surface area contributed by atoms with Crippen molar-refractivity contribution in [1.82, 2.24) is 14.8 Å². The fourth-order valence-corrected chi connectivity index (χ4v) is 4.39. The minimum atomic E-state index is 0.491. The van der Waals surface area contributed by atoms with E-state index >= 15 is 0 Å². The van der Waals surface area contributed by atoms with Gasteiger partial charge >= 0.3 is 0 Å². The van der Waals surface area contributed by atoms with E-state index in [2.05, 4.69) is 6.07 Å². The summed E-state index contributed by atoms with van der Waals surface area (Å²) in [5, 5.41) is 18.1. The number of halogens is 1. The Bertz CT molecular complexity index is 1460. The van der Waals surface area contributed by atoms with Gasteiger partial charge in [0, 0.05) is 33.3 Å². The third kappa shape index (κ3) is 4.49. The van der Waals surface area contributed by atoms with Crippen LogP contribution in [0.3, 0.4) is 0 Å². The Labute approximate surface area is 200 Å². The van der Waals surface area contributed by atoms with Gasteiger partial charge in [0.2, 0.25) is 0 Å². The molecule has 0 fully saturated rings. The molecule has 33 heavy (non-hydrogen) atoms. The first-order valence-electron chi connectivity index (χ1n) is 10.3. The van der Waals surface area contributed by atoms with Crippen molar-refractivity contribution in [3.8, 4) is 34.3 Å². The maximum absolute atomic E-state index is 9.95.